The lowest BCUT2D eigenvalue weighted by molar-refractivity contribution is 0.0523. The summed E-state index contributed by atoms with van der Waals surface area (Å²) in [5.41, 5.74) is 5.89. The van der Waals surface area contributed by atoms with Gasteiger partial charge in [0.05, 0.1) is 12.2 Å². The lowest BCUT2D eigenvalue weighted by atomic mass is 9.84. The zero-order chi connectivity index (χ0) is 9.54. The molecule has 4 heteroatoms. The molecule has 14 heavy (non-hydrogen) atoms. The Kier molecular flexibility index (Phi) is 1.77. The molecule has 1 unspecified atom stereocenters. The zero-order valence-electron chi connectivity index (χ0n) is 8.26. The molecule has 4 nitrogen and oxygen atoms in total. The second-order valence-corrected chi connectivity index (χ2v) is 4.41. The number of aromatic nitrogens is 2. The molecule has 4 rings (SSSR count). The molecule has 0 amide bonds. The highest BCUT2D eigenvalue weighted by Crippen LogP contribution is 2.35. The van der Waals surface area contributed by atoms with Gasteiger partial charge in [-0.2, -0.15) is 5.10 Å². The summed E-state index contributed by atoms with van der Waals surface area (Å²) in [7, 11) is 0. The number of hydrogen-bond donors (Lipinski definition) is 1. The van der Waals surface area contributed by atoms with E-state index < -0.39 is 0 Å². The third kappa shape index (κ3) is 1.14. The van der Waals surface area contributed by atoms with E-state index in [0.29, 0.717) is 6.04 Å². The summed E-state index contributed by atoms with van der Waals surface area (Å²) in [6.45, 7) is 3.67. The number of rotatable bonds is 1. The van der Waals surface area contributed by atoms with Crippen molar-refractivity contribution in [2.75, 3.05) is 25.4 Å². The minimum Gasteiger partial charge on any atom is -0.384 e. The van der Waals surface area contributed by atoms with Crippen molar-refractivity contribution in [1.29, 1.82) is 0 Å². The first-order chi connectivity index (χ1) is 6.84. The predicted octanol–water partition coefficient (Wildman–Crippen LogP) is 0.732. The van der Waals surface area contributed by atoms with Crippen LogP contribution in [0.3, 0.4) is 0 Å². The standard InChI is InChI=1S/C10H16N4/c11-10-1-4-12-14(10)9-7-13-5-2-8(9)3-6-13/h1,4,8-9H,2-3,5-7,11H2. The largest absolute Gasteiger partial charge is 0.384 e. The molecule has 1 aromatic rings. The van der Waals surface area contributed by atoms with E-state index in [2.05, 4.69) is 10.00 Å². The van der Waals surface area contributed by atoms with Gasteiger partial charge < -0.3 is 10.6 Å². The van der Waals surface area contributed by atoms with Crippen molar-refractivity contribution in [3.8, 4) is 0 Å². The molecule has 1 atom stereocenters. The van der Waals surface area contributed by atoms with Crippen molar-refractivity contribution in [3.05, 3.63) is 12.3 Å². The molecule has 0 aromatic carbocycles. The molecule has 4 heterocycles. The molecule has 2 bridgehead atoms. The van der Waals surface area contributed by atoms with Crippen molar-refractivity contribution in [2.24, 2.45) is 5.92 Å². The first kappa shape index (κ1) is 8.29. The van der Waals surface area contributed by atoms with Crippen LogP contribution in [-0.2, 0) is 0 Å². The van der Waals surface area contributed by atoms with Crippen molar-refractivity contribution >= 4 is 5.82 Å². The van der Waals surface area contributed by atoms with E-state index in [0.717, 1.165) is 18.3 Å². The van der Waals surface area contributed by atoms with Crippen LogP contribution in [-0.4, -0.2) is 34.3 Å². The van der Waals surface area contributed by atoms with Gasteiger partial charge in [0.25, 0.3) is 0 Å². The summed E-state index contributed by atoms with van der Waals surface area (Å²) in [5.74, 6) is 1.60. The van der Waals surface area contributed by atoms with Crippen molar-refractivity contribution in [1.82, 2.24) is 14.7 Å². The van der Waals surface area contributed by atoms with E-state index in [-0.39, 0.29) is 0 Å². The molecular formula is C10H16N4. The molecule has 0 saturated carbocycles. The number of nitrogens with two attached hydrogens (primary N) is 1. The fraction of sp³-hybridized carbons (Fsp3) is 0.700. The second-order valence-electron chi connectivity index (χ2n) is 4.41. The van der Waals surface area contributed by atoms with Crippen LogP contribution in [0.4, 0.5) is 5.82 Å². The van der Waals surface area contributed by atoms with E-state index in [4.69, 9.17) is 5.73 Å². The highest BCUT2D eigenvalue weighted by Gasteiger charge is 2.35. The first-order valence-corrected chi connectivity index (χ1v) is 5.36. The smallest absolute Gasteiger partial charge is 0.122 e. The fourth-order valence-electron chi connectivity index (χ4n) is 2.81. The highest BCUT2D eigenvalue weighted by molar-refractivity contribution is 5.27. The Morgan fingerprint density at radius 2 is 2.14 bits per heavy atom. The van der Waals surface area contributed by atoms with Crippen LogP contribution >= 0.6 is 0 Å². The fourth-order valence-corrected chi connectivity index (χ4v) is 2.81. The highest BCUT2D eigenvalue weighted by atomic mass is 15.4. The summed E-state index contributed by atoms with van der Waals surface area (Å²) >= 11 is 0. The SMILES string of the molecule is Nc1ccnn1C1CN2CCC1CC2. The van der Waals surface area contributed by atoms with Crippen LogP contribution in [0.25, 0.3) is 0 Å². The molecule has 2 N–H and O–H groups in total. The van der Waals surface area contributed by atoms with E-state index in [1.165, 1.54) is 25.9 Å². The van der Waals surface area contributed by atoms with Crippen LogP contribution in [0.2, 0.25) is 0 Å². The Morgan fingerprint density at radius 1 is 1.36 bits per heavy atom. The maximum Gasteiger partial charge on any atom is 0.122 e. The van der Waals surface area contributed by atoms with Gasteiger partial charge in [0.1, 0.15) is 5.82 Å². The molecule has 1 aromatic heterocycles. The van der Waals surface area contributed by atoms with Crippen LogP contribution in [0.1, 0.15) is 18.9 Å². The quantitative estimate of drug-likeness (QED) is 0.713. The Labute approximate surface area is 83.7 Å². The summed E-state index contributed by atoms with van der Waals surface area (Å²) in [5, 5.41) is 4.32. The number of anilines is 1. The average molecular weight is 192 g/mol. The first-order valence-electron chi connectivity index (χ1n) is 5.36. The minimum absolute atomic E-state index is 0.521. The van der Waals surface area contributed by atoms with Crippen molar-refractivity contribution in [2.45, 2.75) is 18.9 Å². The Morgan fingerprint density at radius 3 is 2.64 bits per heavy atom. The Balaban J connectivity index is 1.89. The molecular weight excluding hydrogens is 176 g/mol. The zero-order valence-corrected chi connectivity index (χ0v) is 8.26. The van der Waals surface area contributed by atoms with E-state index in [1.54, 1.807) is 6.20 Å². The third-order valence-corrected chi connectivity index (χ3v) is 3.64. The van der Waals surface area contributed by atoms with Gasteiger partial charge in [0.2, 0.25) is 0 Å². The van der Waals surface area contributed by atoms with Crippen LogP contribution in [0, 0.1) is 5.92 Å². The minimum atomic E-state index is 0.521. The molecule has 76 valence electrons. The predicted molar refractivity (Wildman–Crippen MR) is 54.8 cm³/mol. The monoisotopic (exact) mass is 192 g/mol. The number of nitrogens with zero attached hydrogens (tertiary/aromatic N) is 3. The normalized spacial score (nSPS) is 36.1. The van der Waals surface area contributed by atoms with E-state index in [1.807, 2.05) is 10.7 Å². The maximum atomic E-state index is 5.89. The summed E-state index contributed by atoms with van der Waals surface area (Å²) in [4.78, 5) is 2.52. The van der Waals surface area contributed by atoms with Gasteiger partial charge in [0, 0.05) is 6.54 Å². The summed E-state index contributed by atoms with van der Waals surface area (Å²) < 4.78 is 2.01. The number of piperidine rings is 3. The lowest BCUT2D eigenvalue weighted by Crippen LogP contribution is -2.48. The van der Waals surface area contributed by atoms with Gasteiger partial charge in [-0.15, -0.1) is 0 Å². The van der Waals surface area contributed by atoms with Gasteiger partial charge in [-0.3, -0.25) is 0 Å². The molecule has 3 aliphatic heterocycles. The van der Waals surface area contributed by atoms with Gasteiger partial charge in [0.15, 0.2) is 0 Å². The Hall–Kier alpha value is -1.03. The topological polar surface area (TPSA) is 47.1 Å². The Bertz CT molecular complexity index is 325. The number of fused-ring (bicyclic) bond motifs is 3. The van der Waals surface area contributed by atoms with Crippen LogP contribution in [0.5, 0.6) is 0 Å². The molecule has 3 aliphatic rings. The number of nitrogen functional groups attached to an aromatic ring is 1. The molecule has 3 fully saturated rings. The van der Waals surface area contributed by atoms with Crippen LogP contribution in [0.15, 0.2) is 12.3 Å². The molecule has 0 aliphatic carbocycles. The lowest BCUT2D eigenvalue weighted by Gasteiger charge is -2.44. The van der Waals surface area contributed by atoms with Gasteiger partial charge in [-0.05, 0) is 37.9 Å². The van der Waals surface area contributed by atoms with Gasteiger partial charge in [-0.1, -0.05) is 0 Å². The number of hydrogen-bond acceptors (Lipinski definition) is 3. The van der Waals surface area contributed by atoms with Crippen molar-refractivity contribution < 1.29 is 0 Å². The van der Waals surface area contributed by atoms with E-state index >= 15 is 0 Å². The van der Waals surface area contributed by atoms with Gasteiger partial charge >= 0.3 is 0 Å². The maximum absolute atomic E-state index is 5.89. The second kappa shape index (κ2) is 2.98. The van der Waals surface area contributed by atoms with Crippen LogP contribution < -0.4 is 5.73 Å². The van der Waals surface area contributed by atoms with Gasteiger partial charge in [-0.25, -0.2) is 4.68 Å². The molecule has 0 spiro atoms. The van der Waals surface area contributed by atoms with Crippen molar-refractivity contribution in [3.63, 3.8) is 0 Å². The molecule has 0 radical (unpaired) electrons. The van der Waals surface area contributed by atoms with E-state index in [9.17, 15) is 0 Å². The molecule has 3 saturated heterocycles. The summed E-state index contributed by atoms with van der Waals surface area (Å²) in [6, 6.07) is 2.41. The third-order valence-electron chi connectivity index (χ3n) is 3.64. The average Bonchev–Trinajstić information content (AvgIpc) is 2.66. The summed E-state index contributed by atoms with van der Waals surface area (Å²) in [6.07, 6.45) is 4.42.